The van der Waals surface area contributed by atoms with Gasteiger partial charge in [-0.15, -0.1) is 12.4 Å². The van der Waals surface area contributed by atoms with Crippen molar-refractivity contribution in [2.45, 2.75) is 19.8 Å². The summed E-state index contributed by atoms with van der Waals surface area (Å²) in [5, 5.41) is 8.87. The van der Waals surface area contributed by atoms with Gasteiger partial charge in [0.1, 0.15) is 0 Å². The van der Waals surface area contributed by atoms with Crippen LogP contribution in [0.1, 0.15) is 19.8 Å². The molecule has 1 aromatic carbocycles. The maximum Gasteiger partial charge on any atom is 0.224 e. The SMILES string of the molecule is CNCCCC(=O)Nc1ccc(Cl)cc1NC(C)=O.Cl. The lowest BCUT2D eigenvalue weighted by molar-refractivity contribution is -0.116. The van der Waals surface area contributed by atoms with Crippen molar-refractivity contribution >= 4 is 47.2 Å². The van der Waals surface area contributed by atoms with E-state index in [0.29, 0.717) is 22.8 Å². The Morgan fingerprint density at radius 3 is 2.50 bits per heavy atom. The van der Waals surface area contributed by atoms with E-state index in [9.17, 15) is 9.59 Å². The minimum atomic E-state index is -0.215. The number of hydrogen-bond acceptors (Lipinski definition) is 3. The van der Waals surface area contributed by atoms with Gasteiger partial charge in [0.05, 0.1) is 11.4 Å². The first-order valence-corrected chi connectivity index (χ1v) is 6.42. The lowest BCUT2D eigenvalue weighted by Crippen LogP contribution is -2.17. The number of carbonyl (C=O) groups is 2. The maximum atomic E-state index is 11.7. The van der Waals surface area contributed by atoms with Gasteiger partial charge in [-0.25, -0.2) is 0 Å². The highest BCUT2D eigenvalue weighted by molar-refractivity contribution is 6.31. The summed E-state index contributed by atoms with van der Waals surface area (Å²) in [7, 11) is 1.84. The molecule has 0 aliphatic heterocycles. The van der Waals surface area contributed by atoms with E-state index in [0.717, 1.165) is 13.0 Å². The zero-order chi connectivity index (χ0) is 14.3. The zero-order valence-corrected chi connectivity index (χ0v) is 13.0. The van der Waals surface area contributed by atoms with Crippen molar-refractivity contribution < 1.29 is 9.59 Å². The normalized spacial score (nSPS) is 9.55. The summed E-state index contributed by atoms with van der Waals surface area (Å²) in [5.41, 5.74) is 1.05. The summed E-state index contributed by atoms with van der Waals surface area (Å²) in [4.78, 5) is 22.8. The lowest BCUT2D eigenvalue weighted by atomic mass is 10.2. The fraction of sp³-hybridized carbons (Fsp3) is 0.385. The highest BCUT2D eigenvalue weighted by Gasteiger charge is 2.08. The van der Waals surface area contributed by atoms with Crippen LogP contribution in [0.3, 0.4) is 0 Å². The molecule has 0 aromatic heterocycles. The molecule has 0 bridgehead atoms. The Kier molecular flexibility index (Phi) is 8.96. The third kappa shape index (κ3) is 6.75. The van der Waals surface area contributed by atoms with Crippen LogP contribution in [0.5, 0.6) is 0 Å². The molecule has 0 radical (unpaired) electrons. The van der Waals surface area contributed by atoms with E-state index in [1.54, 1.807) is 18.2 Å². The van der Waals surface area contributed by atoms with E-state index < -0.39 is 0 Å². The van der Waals surface area contributed by atoms with E-state index in [1.165, 1.54) is 6.92 Å². The summed E-state index contributed by atoms with van der Waals surface area (Å²) in [6.07, 6.45) is 1.17. The van der Waals surface area contributed by atoms with Crippen LogP contribution in [-0.4, -0.2) is 25.4 Å². The van der Waals surface area contributed by atoms with Gasteiger partial charge in [0.25, 0.3) is 0 Å². The third-order valence-electron chi connectivity index (χ3n) is 2.40. The van der Waals surface area contributed by atoms with Crippen LogP contribution >= 0.6 is 24.0 Å². The van der Waals surface area contributed by atoms with E-state index in [2.05, 4.69) is 16.0 Å². The van der Waals surface area contributed by atoms with Crippen LogP contribution in [0, 0.1) is 0 Å². The molecule has 0 heterocycles. The molecule has 1 aromatic rings. The second-order valence-electron chi connectivity index (χ2n) is 4.13. The molecule has 0 saturated heterocycles. The fourth-order valence-electron chi connectivity index (χ4n) is 1.56. The molecule has 0 aliphatic rings. The Balaban J connectivity index is 0.00000361. The fourth-order valence-corrected chi connectivity index (χ4v) is 1.73. The maximum absolute atomic E-state index is 11.7. The average molecular weight is 320 g/mol. The van der Waals surface area contributed by atoms with E-state index >= 15 is 0 Å². The molecule has 0 aliphatic carbocycles. The van der Waals surface area contributed by atoms with Crippen molar-refractivity contribution in [3.63, 3.8) is 0 Å². The minimum Gasteiger partial charge on any atom is -0.324 e. The van der Waals surface area contributed by atoms with Crippen molar-refractivity contribution in [2.24, 2.45) is 0 Å². The Morgan fingerprint density at radius 2 is 1.90 bits per heavy atom. The monoisotopic (exact) mass is 319 g/mol. The summed E-state index contributed by atoms with van der Waals surface area (Å²) in [6, 6.07) is 4.94. The summed E-state index contributed by atoms with van der Waals surface area (Å²) < 4.78 is 0. The van der Waals surface area contributed by atoms with Gasteiger partial charge in [-0.2, -0.15) is 0 Å². The van der Waals surface area contributed by atoms with Crippen molar-refractivity contribution in [3.8, 4) is 0 Å². The van der Waals surface area contributed by atoms with E-state index in [-0.39, 0.29) is 24.2 Å². The number of hydrogen-bond donors (Lipinski definition) is 3. The number of rotatable bonds is 6. The van der Waals surface area contributed by atoms with Gasteiger partial charge >= 0.3 is 0 Å². The average Bonchev–Trinajstić information content (AvgIpc) is 2.32. The van der Waals surface area contributed by atoms with Gasteiger partial charge in [0.15, 0.2) is 0 Å². The van der Waals surface area contributed by atoms with Gasteiger partial charge in [0.2, 0.25) is 11.8 Å². The first-order valence-electron chi connectivity index (χ1n) is 6.04. The van der Waals surface area contributed by atoms with Crippen LogP contribution < -0.4 is 16.0 Å². The standard InChI is InChI=1S/C13H18ClN3O2.ClH/c1-9(18)16-12-8-10(14)5-6-11(12)17-13(19)4-3-7-15-2;/h5-6,8,15H,3-4,7H2,1-2H3,(H,16,18)(H,17,19);1H. The molecular formula is C13H19Cl2N3O2. The van der Waals surface area contributed by atoms with Crippen LogP contribution in [0.15, 0.2) is 18.2 Å². The first-order chi connectivity index (χ1) is 9.02. The van der Waals surface area contributed by atoms with Crippen molar-refractivity contribution in [3.05, 3.63) is 23.2 Å². The van der Waals surface area contributed by atoms with Crippen molar-refractivity contribution in [1.29, 1.82) is 0 Å². The number of nitrogens with one attached hydrogen (secondary N) is 3. The summed E-state index contributed by atoms with van der Waals surface area (Å²) in [5.74, 6) is -0.308. The number of halogens is 2. The Labute approximate surface area is 129 Å². The molecule has 0 atom stereocenters. The van der Waals surface area contributed by atoms with Crippen LogP contribution in [-0.2, 0) is 9.59 Å². The van der Waals surface area contributed by atoms with Gasteiger partial charge in [-0.1, -0.05) is 11.6 Å². The topological polar surface area (TPSA) is 70.2 Å². The van der Waals surface area contributed by atoms with Crippen molar-refractivity contribution in [2.75, 3.05) is 24.2 Å². The molecule has 20 heavy (non-hydrogen) atoms. The molecule has 112 valence electrons. The van der Waals surface area contributed by atoms with Gasteiger partial charge in [-0.3, -0.25) is 9.59 Å². The third-order valence-corrected chi connectivity index (χ3v) is 2.63. The van der Waals surface area contributed by atoms with Gasteiger partial charge in [-0.05, 0) is 38.2 Å². The van der Waals surface area contributed by atoms with Crippen LogP contribution in [0.25, 0.3) is 0 Å². The predicted octanol–water partition coefficient (Wildman–Crippen LogP) is 2.66. The molecule has 0 fully saturated rings. The second-order valence-corrected chi connectivity index (χ2v) is 4.56. The number of benzene rings is 1. The number of anilines is 2. The Morgan fingerprint density at radius 1 is 1.20 bits per heavy atom. The van der Waals surface area contributed by atoms with E-state index in [4.69, 9.17) is 11.6 Å². The Hall–Kier alpha value is -1.30. The molecule has 0 unspecified atom stereocenters. The number of carbonyl (C=O) groups excluding carboxylic acids is 2. The molecule has 1 rings (SSSR count). The van der Waals surface area contributed by atoms with Gasteiger partial charge < -0.3 is 16.0 Å². The quantitative estimate of drug-likeness (QED) is 0.706. The van der Waals surface area contributed by atoms with Crippen molar-refractivity contribution in [1.82, 2.24) is 5.32 Å². The zero-order valence-electron chi connectivity index (χ0n) is 11.5. The number of amides is 2. The molecule has 7 heteroatoms. The second kappa shape index (κ2) is 9.58. The molecular weight excluding hydrogens is 301 g/mol. The van der Waals surface area contributed by atoms with E-state index in [1.807, 2.05) is 7.05 Å². The molecule has 0 spiro atoms. The minimum absolute atomic E-state index is 0. The molecule has 5 nitrogen and oxygen atoms in total. The van der Waals surface area contributed by atoms with Crippen LogP contribution in [0.2, 0.25) is 5.02 Å². The smallest absolute Gasteiger partial charge is 0.224 e. The highest BCUT2D eigenvalue weighted by Crippen LogP contribution is 2.26. The predicted molar refractivity (Wildman–Crippen MR) is 84.8 cm³/mol. The largest absolute Gasteiger partial charge is 0.324 e. The van der Waals surface area contributed by atoms with Crippen LogP contribution in [0.4, 0.5) is 11.4 Å². The lowest BCUT2D eigenvalue weighted by Gasteiger charge is -2.11. The highest BCUT2D eigenvalue weighted by atomic mass is 35.5. The van der Waals surface area contributed by atoms with Gasteiger partial charge in [0, 0.05) is 18.4 Å². The molecule has 2 amide bonds. The molecule has 0 saturated carbocycles. The Bertz CT molecular complexity index is 467. The molecule has 3 N–H and O–H groups in total. The first kappa shape index (κ1) is 18.7. The summed E-state index contributed by atoms with van der Waals surface area (Å²) in [6.45, 7) is 2.19. The summed E-state index contributed by atoms with van der Waals surface area (Å²) >= 11 is 5.87.